The standard InChI is InChI=1S/C70H30F3N11.C54H29N7/c1-78-49-13-18-52(46(28-49)38-76)42-8-21-64-57(30-42)59-32-44(54-16-6-40(36-74)26-62(54)81-4)10-23-65(59)83(64)68-25-12-48(70(71,72)73)34-61(68)56-20-15-51(80-3)35-69(56)84-66-22-9-43(53-19-14-50(79-2)29-47(53)39-77)31-58(66)60-33-45(11-24-67(60)84)55-17-7-41(37-75)27-63(55)82-5;1-33-12-21-51(60-49-10-6-4-8-42(49)47-29-37(16-23-52(47)60)41-18-13-34(30-55)25-48(41)59-3)45(24-33)44-19-14-35(31-56)26-54(44)61-50-11-7-5-9-43(50)46-28-36(15-22-53(46)61)40-20-17-39(58-2)27-38(40)32-57/h6-35H;4-29H,1H3. The van der Waals surface area contributed by atoms with Crippen molar-refractivity contribution in [2.24, 2.45) is 0 Å². The lowest BCUT2D eigenvalue weighted by Gasteiger charge is -2.21. The van der Waals surface area contributed by atoms with Crippen LogP contribution in [0, 0.1) is 132 Å². The summed E-state index contributed by atoms with van der Waals surface area (Å²) in [6.07, 6.45) is -4.82. The number of halogens is 3. The molecule has 0 bridgehead atoms. The topological polar surface area (TPSA) is 217 Å². The Balaban J connectivity index is 0.000000179. The first-order chi connectivity index (χ1) is 70.7. The fraction of sp³-hybridized carbons (Fsp3) is 0.0161. The summed E-state index contributed by atoms with van der Waals surface area (Å²) in [6, 6.07) is 117. The van der Waals surface area contributed by atoms with Gasteiger partial charge in [-0.15, -0.1) is 0 Å². The molecule has 145 heavy (non-hydrogen) atoms. The number of aromatic nitrogens is 4. The van der Waals surface area contributed by atoms with Crippen molar-refractivity contribution in [3.05, 3.63) is 470 Å². The molecule has 4 aromatic heterocycles. The molecule has 0 fully saturated rings. The maximum absolute atomic E-state index is 15.4. The van der Waals surface area contributed by atoms with Crippen molar-refractivity contribution in [2.45, 2.75) is 13.1 Å². The minimum atomic E-state index is -4.82. The van der Waals surface area contributed by atoms with Gasteiger partial charge in [0.25, 0.3) is 0 Å². The van der Waals surface area contributed by atoms with Crippen LogP contribution in [0.3, 0.4) is 0 Å². The lowest BCUT2D eigenvalue weighted by atomic mass is 9.96. The van der Waals surface area contributed by atoms with E-state index in [9.17, 15) is 36.8 Å². The third kappa shape index (κ3) is 15.3. The molecule has 0 saturated heterocycles. The Bertz CT molecular complexity index is 9930. The zero-order valence-corrected chi connectivity index (χ0v) is 76.0. The number of hydrogen-bond acceptors (Lipinski definition) is 7. The molecule has 0 aliphatic heterocycles. The molecular formula is C124H59F3N18. The van der Waals surface area contributed by atoms with E-state index in [0.29, 0.717) is 144 Å². The van der Waals surface area contributed by atoms with E-state index in [1.54, 1.807) is 91.0 Å². The molecule has 4 heterocycles. The zero-order valence-electron chi connectivity index (χ0n) is 76.0. The molecule has 666 valence electrons. The molecule has 0 radical (unpaired) electrons. The molecule has 0 aliphatic carbocycles. The fourth-order valence-corrected chi connectivity index (χ4v) is 19.9. The largest absolute Gasteiger partial charge is 0.416 e. The van der Waals surface area contributed by atoms with Crippen LogP contribution >= 0.6 is 0 Å². The number of hydrogen-bond donors (Lipinski definition) is 0. The second kappa shape index (κ2) is 36.1. The van der Waals surface area contributed by atoms with Crippen LogP contribution in [-0.4, -0.2) is 18.3 Å². The Hall–Kier alpha value is -22.2. The average Bonchev–Trinajstić information content (AvgIpc) is 1.57. The predicted molar refractivity (Wildman–Crippen MR) is 560 cm³/mol. The van der Waals surface area contributed by atoms with Gasteiger partial charge < -0.3 is 18.3 Å². The number of fused-ring (bicyclic) bond motifs is 12. The molecule has 18 nitrogen and oxygen atoms in total. The van der Waals surface area contributed by atoms with Gasteiger partial charge in [0.05, 0.1) is 161 Å². The van der Waals surface area contributed by atoms with Gasteiger partial charge in [-0.05, 0) is 262 Å². The summed E-state index contributed by atoms with van der Waals surface area (Å²) in [5.41, 5.74) is 23.7. The highest BCUT2D eigenvalue weighted by atomic mass is 19.4. The normalized spacial score (nSPS) is 10.9. The van der Waals surface area contributed by atoms with E-state index < -0.39 is 11.7 Å². The summed E-state index contributed by atoms with van der Waals surface area (Å²) in [5.74, 6) is 0. The van der Waals surface area contributed by atoms with Gasteiger partial charge in [0.15, 0.2) is 39.8 Å². The minimum absolute atomic E-state index is 0.133. The van der Waals surface area contributed by atoms with Crippen LogP contribution in [0.4, 0.5) is 53.0 Å². The molecule has 0 saturated carbocycles. The van der Waals surface area contributed by atoms with Crippen molar-refractivity contribution in [1.29, 1.82) is 36.8 Å². The van der Waals surface area contributed by atoms with Crippen LogP contribution < -0.4 is 0 Å². The molecule has 0 atom stereocenters. The van der Waals surface area contributed by atoms with Crippen LogP contribution in [0.1, 0.15) is 50.1 Å². The van der Waals surface area contributed by atoms with Crippen LogP contribution in [-0.2, 0) is 6.18 Å². The van der Waals surface area contributed by atoms with E-state index in [2.05, 4.69) is 159 Å². The van der Waals surface area contributed by atoms with E-state index in [1.807, 2.05) is 149 Å². The number of benzene rings is 18. The van der Waals surface area contributed by atoms with Crippen molar-refractivity contribution in [1.82, 2.24) is 18.3 Å². The van der Waals surface area contributed by atoms with Crippen LogP contribution in [0.25, 0.3) is 233 Å². The Morgan fingerprint density at radius 1 is 0.221 bits per heavy atom. The van der Waals surface area contributed by atoms with Gasteiger partial charge in [0.2, 0.25) is 0 Å². The first kappa shape index (κ1) is 89.3. The summed E-state index contributed by atoms with van der Waals surface area (Å²) in [7, 11) is 0. The Morgan fingerprint density at radius 2 is 0.497 bits per heavy atom. The molecule has 0 unspecified atom stereocenters. The highest BCUT2D eigenvalue weighted by molar-refractivity contribution is 6.17. The number of para-hydroxylation sites is 2. The highest BCUT2D eigenvalue weighted by Crippen LogP contribution is 2.51. The molecule has 0 spiro atoms. The van der Waals surface area contributed by atoms with Crippen molar-refractivity contribution >= 4 is 127 Å². The molecule has 21 heteroatoms. The monoisotopic (exact) mass is 1860 g/mol. The summed E-state index contributed by atoms with van der Waals surface area (Å²) in [4.78, 5) is 25.6. The lowest BCUT2D eigenvalue weighted by molar-refractivity contribution is -0.137. The first-order valence-corrected chi connectivity index (χ1v) is 44.9. The molecule has 22 aromatic rings. The minimum Gasteiger partial charge on any atom is -0.310 e. The summed E-state index contributed by atoms with van der Waals surface area (Å²) < 4.78 is 54.3. The number of rotatable bonds is 12. The van der Waals surface area contributed by atoms with Gasteiger partial charge in [-0.3, -0.25) is 0 Å². The van der Waals surface area contributed by atoms with Crippen molar-refractivity contribution in [2.75, 3.05) is 0 Å². The van der Waals surface area contributed by atoms with E-state index >= 15 is 13.2 Å². The summed E-state index contributed by atoms with van der Waals surface area (Å²) in [5, 5.41) is 76.5. The molecule has 0 aliphatic rings. The van der Waals surface area contributed by atoms with Crippen molar-refractivity contribution in [3.8, 4) is 154 Å². The SMILES string of the molecule is [C-]#[N+]c1ccc(-c2ccc3c(c2)c2cc(-c4ccc(C#N)cc4[N+]#[C-])ccc2n3-c2ccc(C(F)(F)F)cc2-c2ccc([N+]#[C-])cc2-n2c3ccc(-c4ccc([N+]#[C-])cc4C#N)cc3c3cc(-c4ccc(C#N)cc4[N+]#[C-])ccc32)c(C#N)c1.[C-]#[N+]c1ccc(-c2ccc3c(c2)c2ccccc2n3-c2cc(C#N)ccc2-c2cc(C)ccc2-n2c3ccccc3c3cc(-c4ccc(C#N)cc4[N+]#[C-])ccc32)c(C#N)c1. The predicted octanol–water partition coefficient (Wildman–Crippen LogP) is 33.4. The molecule has 22 rings (SSSR count). The third-order valence-electron chi connectivity index (χ3n) is 26.5. The Kier molecular flexibility index (Phi) is 22.3. The molecular weight excluding hydrogens is 1800 g/mol. The van der Waals surface area contributed by atoms with E-state index in [1.165, 1.54) is 30.3 Å². The average molecular weight is 1860 g/mol. The molecule has 0 amide bonds. The Morgan fingerprint density at radius 3 is 0.828 bits per heavy atom. The zero-order chi connectivity index (χ0) is 100. The van der Waals surface area contributed by atoms with Crippen molar-refractivity contribution < 1.29 is 13.2 Å². The quantitative estimate of drug-likeness (QED) is 0.108. The smallest absolute Gasteiger partial charge is 0.310 e. The molecule has 0 N–H and O–H groups in total. The van der Waals surface area contributed by atoms with E-state index in [0.717, 1.165) is 106 Å². The van der Waals surface area contributed by atoms with Gasteiger partial charge in [-0.1, -0.05) is 157 Å². The van der Waals surface area contributed by atoms with Crippen LogP contribution in [0.2, 0.25) is 0 Å². The van der Waals surface area contributed by atoms with Gasteiger partial charge >= 0.3 is 6.18 Å². The molecule has 18 aromatic carbocycles. The number of nitriles is 7. The fourth-order valence-electron chi connectivity index (χ4n) is 19.9. The van der Waals surface area contributed by atoms with Gasteiger partial charge in [0.1, 0.15) is 0 Å². The van der Waals surface area contributed by atoms with Crippen LogP contribution in [0.5, 0.6) is 0 Å². The van der Waals surface area contributed by atoms with Gasteiger partial charge in [0, 0.05) is 104 Å². The second-order valence-electron chi connectivity index (χ2n) is 34.4. The Labute approximate surface area is 827 Å². The maximum atomic E-state index is 15.4. The van der Waals surface area contributed by atoms with Crippen molar-refractivity contribution in [3.63, 3.8) is 0 Å². The van der Waals surface area contributed by atoms with E-state index in [-0.39, 0.29) is 45.1 Å². The number of aryl methyl sites for hydroxylation is 1. The van der Waals surface area contributed by atoms with Gasteiger partial charge in [-0.25, -0.2) is 33.9 Å². The second-order valence-corrected chi connectivity index (χ2v) is 34.4. The summed E-state index contributed by atoms with van der Waals surface area (Å²) >= 11 is 0. The lowest BCUT2D eigenvalue weighted by Crippen LogP contribution is -2.08. The number of nitrogens with zero attached hydrogens (tertiary/aromatic N) is 18. The van der Waals surface area contributed by atoms with Gasteiger partial charge in [-0.2, -0.15) is 50.0 Å². The third-order valence-corrected chi connectivity index (χ3v) is 26.5. The van der Waals surface area contributed by atoms with E-state index in [4.69, 9.17) is 46.0 Å². The maximum Gasteiger partial charge on any atom is 0.416 e. The highest BCUT2D eigenvalue weighted by Gasteiger charge is 2.34. The number of alkyl halides is 3. The first-order valence-electron chi connectivity index (χ1n) is 44.9. The summed E-state index contributed by atoms with van der Waals surface area (Å²) in [6.45, 7) is 56.9. The van der Waals surface area contributed by atoms with Crippen LogP contribution in [0.15, 0.2) is 340 Å².